The second kappa shape index (κ2) is 5.10. The molecule has 1 aromatic heterocycles. The van der Waals surface area contributed by atoms with E-state index >= 15 is 0 Å². The molecule has 0 saturated carbocycles. The molecule has 84 valence electrons. The summed E-state index contributed by atoms with van der Waals surface area (Å²) < 4.78 is 0. The van der Waals surface area contributed by atoms with Crippen LogP contribution < -0.4 is 11.1 Å². The predicted octanol–water partition coefficient (Wildman–Crippen LogP) is 2.10. The summed E-state index contributed by atoms with van der Waals surface area (Å²) in [7, 11) is 0. The van der Waals surface area contributed by atoms with Crippen molar-refractivity contribution in [3.63, 3.8) is 0 Å². The molecular formula is C12H20N2S. The fraction of sp³-hybridized carbons (Fsp3) is 0.667. The number of fused-ring (bicyclic) bond motifs is 1. The van der Waals surface area contributed by atoms with Crippen LogP contribution in [0, 0.1) is 0 Å². The Balaban J connectivity index is 1.95. The van der Waals surface area contributed by atoms with Crippen molar-refractivity contribution < 1.29 is 0 Å². The lowest BCUT2D eigenvalue weighted by atomic mass is 9.87. The highest BCUT2D eigenvalue weighted by atomic mass is 32.1. The molecule has 2 atom stereocenters. The van der Waals surface area contributed by atoms with E-state index in [0.29, 0.717) is 12.0 Å². The second-order valence-electron chi connectivity index (χ2n) is 4.43. The van der Waals surface area contributed by atoms with Gasteiger partial charge in [-0.15, -0.1) is 11.3 Å². The molecule has 2 rings (SSSR count). The van der Waals surface area contributed by atoms with Crippen LogP contribution in [0.5, 0.6) is 0 Å². The minimum Gasteiger partial charge on any atom is -0.329 e. The zero-order valence-electron chi connectivity index (χ0n) is 9.33. The van der Waals surface area contributed by atoms with Crippen LogP contribution in [0.1, 0.15) is 36.1 Å². The van der Waals surface area contributed by atoms with Crippen molar-refractivity contribution in [2.75, 3.05) is 13.1 Å². The average molecular weight is 224 g/mol. The number of thiophene rings is 1. The zero-order chi connectivity index (χ0) is 10.7. The summed E-state index contributed by atoms with van der Waals surface area (Å²) in [6, 6.07) is 2.74. The third-order valence-electron chi connectivity index (χ3n) is 3.24. The fourth-order valence-electron chi connectivity index (χ4n) is 2.22. The zero-order valence-corrected chi connectivity index (χ0v) is 10.1. The van der Waals surface area contributed by atoms with Gasteiger partial charge in [0.25, 0.3) is 0 Å². The molecule has 1 aliphatic carbocycles. The lowest BCUT2D eigenvalue weighted by molar-refractivity contribution is 0.471. The van der Waals surface area contributed by atoms with Crippen LogP contribution in [0.3, 0.4) is 0 Å². The Morgan fingerprint density at radius 3 is 3.33 bits per heavy atom. The Morgan fingerprint density at radius 1 is 1.67 bits per heavy atom. The van der Waals surface area contributed by atoms with E-state index in [1.54, 1.807) is 10.4 Å². The molecule has 1 heterocycles. The predicted molar refractivity (Wildman–Crippen MR) is 66.5 cm³/mol. The third-order valence-corrected chi connectivity index (χ3v) is 4.24. The van der Waals surface area contributed by atoms with Gasteiger partial charge in [0.1, 0.15) is 0 Å². The van der Waals surface area contributed by atoms with E-state index in [4.69, 9.17) is 5.73 Å². The molecule has 15 heavy (non-hydrogen) atoms. The summed E-state index contributed by atoms with van der Waals surface area (Å²) in [5, 5.41) is 5.74. The van der Waals surface area contributed by atoms with Crippen LogP contribution in [0.15, 0.2) is 11.4 Å². The minimum absolute atomic E-state index is 0.439. The van der Waals surface area contributed by atoms with Gasteiger partial charge >= 0.3 is 0 Å². The molecule has 0 spiro atoms. The van der Waals surface area contributed by atoms with Gasteiger partial charge < -0.3 is 11.1 Å². The van der Waals surface area contributed by atoms with Gasteiger partial charge in [0.05, 0.1) is 0 Å². The molecule has 1 unspecified atom stereocenters. The van der Waals surface area contributed by atoms with E-state index < -0.39 is 0 Å². The highest BCUT2D eigenvalue weighted by molar-refractivity contribution is 7.10. The second-order valence-corrected chi connectivity index (χ2v) is 5.43. The van der Waals surface area contributed by atoms with Crippen LogP contribution in [0.2, 0.25) is 0 Å². The normalized spacial score (nSPS) is 22.4. The van der Waals surface area contributed by atoms with Crippen LogP contribution in [-0.2, 0) is 6.42 Å². The van der Waals surface area contributed by atoms with E-state index in [2.05, 4.69) is 23.7 Å². The Morgan fingerprint density at radius 2 is 2.53 bits per heavy atom. The Hall–Kier alpha value is -0.380. The maximum atomic E-state index is 5.60. The first-order valence-corrected chi connectivity index (χ1v) is 6.69. The summed E-state index contributed by atoms with van der Waals surface area (Å²) in [5.74, 6) is 0.717. The summed E-state index contributed by atoms with van der Waals surface area (Å²) >= 11 is 1.92. The molecule has 0 bridgehead atoms. The van der Waals surface area contributed by atoms with Gasteiger partial charge in [-0.2, -0.15) is 0 Å². The standard InChI is InChI=1S/C12H20N2S/c1-9(7-13)14-8-10-3-2-4-12-11(10)5-6-15-12/h5-6,9-10,14H,2-4,7-8,13H2,1H3/t9-,10?/m1/s1. The van der Waals surface area contributed by atoms with Crippen LogP contribution >= 0.6 is 11.3 Å². The summed E-state index contributed by atoms with van der Waals surface area (Å²) in [5.41, 5.74) is 7.19. The molecule has 0 amide bonds. The SMILES string of the molecule is C[C@H](CN)NCC1CCCc2sccc21. The number of hydrogen-bond acceptors (Lipinski definition) is 3. The highest BCUT2D eigenvalue weighted by Crippen LogP contribution is 2.34. The van der Waals surface area contributed by atoms with Crippen LogP contribution in [0.4, 0.5) is 0 Å². The molecule has 1 aromatic rings. The number of rotatable bonds is 4. The minimum atomic E-state index is 0.439. The van der Waals surface area contributed by atoms with E-state index in [0.717, 1.165) is 13.1 Å². The Labute approximate surface area is 95.9 Å². The topological polar surface area (TPSA) is 38.0 Å². The van der Waals surface area contributed by atoms with Crippen LogP contribution in [-0.4, -0.2) is 19.1 Å². The van der Waals surface area contributed by atoms with Crippen molar-refractivity contribution in [1.82, 2.24) is 5.32 Å². The molecule has 0 radical (unpaired) electrons. The third kappa shape index (κ3) is 2.60. The number of nitrogens with one attached hydrogen (secondary N) is 1. The van der Waals surface area contributed by atoms with Gasteiger partial charge in [-0.05, 0) is 49.1 Å². The summed E-state index contributed by atoms with van der Waals surface area (Å²) in [6.45, 7) is 3.96. The molecule has 0 saturated heterocycles. The van der Waals surface area contributed by atoms with E-state index in [1.165, 1.54) is 19.3 Å². The van der Waals surface area contributed by atoms with Gasteiger partial charge in [-0.3, -0.25) is 0 Å². The van der Waals surface area contributed by atoms with Gasteiger partial charge in [0, 0.05) is 24.0 Å². The van der Waals surface area contributed by atoms with Gasteiger partial charge in [-0.1, -0.05) is 0 Å². The maximum absolute atomic E-state index is 5.60. The summed E-state index contributed by atoms with van der Waals surface area (Å²) in [4.78, 5) is 1.61. The number of aryl methyl sites for hydroxylation is 1. The maximum Gasteiger partial charge on any atom is 0.0162 e. The highest BCUT2D eigenvalue weighted by Gasteiger charge is 2.20. The van der Waals surface area contributed by atoms with Crippen molar-refractivity contribution in [2.24, 2.45) is 5.73 Å². The van der Waals surface area contributed by atoms with Crippen molar-refractivity contribution in [1.29, 1.82) is 0 Å². The molecule has 3 N–H and O–H groups in total. The van der Waals surface area contributed by atoms with Crippen molar-refractivity contribution in [3.05, 3.63) is 21.9 Å². The first kappa shape index (κ1) is 11.1. The smallest absolute Gasteiger partial charge is 0.0162 e. The van der Waals surface area contributed by atoms with Crippen molar-refractivity contribution >= 4 is 11.3 Å². The van der Waals surface area contributed by atoms with Gasteiger partial charge in [-0.25, -0.2) is 0 Å². The first-order valence-electron chi connectivity index (χ1n) is 5.81. The monoisotopic (exact) mass is 224 g/mol. The van der Waals surface area contributed by atoms with Gasteiger partial charge in [0.15, 0.2) is 0 Å². The van der Waals surface area contributed by atoms with Crippen LogP contribution in [0.25, 0.3) is 0 Å². The molecule has 3 heteroatoms. The molecule has 2 nitrogen and oxygen atoms in total. The molecule has 0 aliphatic heterocycles. The quantitative estimate of drug-likeness (QED) is 0.822. The summed E-state index contributed by atoms with van der Waals surface area (Å²) in [6.07, 6.45) is 3.96. The molecule has 1 aliphatic rings. The van der Waals surface area contributed by atoms with E-state index in [9.17, 15) is 0 Å². The average Bonchev–Trinajstić information content (AvgIpc) is 2.74. The lowest BCUT2D eigenvalue weighted by Gasteiger charge is -2.24. The lowest BCUT2D eigenvalue weighted by Crippen LogP contribution is -2.36. The Kier molecular flexibility index (Phi) is 3.78. The van der Waals surface area contributed by atoms with Crippen molar-refractivity contribution in [2.45, 2.75) is 38.1 Å². The Bertz CT molecular complexity index is 308. The molecule has 0 aromatic carbocycles. The van der Waals surface area contributed by atoms with E-state index in [1.807, 2.05) is 11.3 Å². The number of nitrogens with two attached hydrogens (primary N) is 1. The van der Waals surface area contributed by atoms with Gasteiger partial charge in [0.2, 0.25) is 0 Å². The fourth-order valence-corrected chi connectivity index (χ4v) is 3.23. The van der Waals surface area contributed by atoms with E-state index in [-0.39, 0.29) is 0 Å². The molecular weight excluding hydrogens is 204 g/mol. The molecule has 0 fully saturated rings. The first-order chi connectivity index (χ1) is 7.31. The number of hydrogen-bond donors (Lipinski definition) is 2. The largest absolute Gasteiger partial charge is 0.329 e. The van der Waals surface area contributed by atoms with Crippen molar-refractivity contribution in [3.8, 4) is 0 Å².